The molecule has 1 aromatic carbocycles. The van der Waals surface area contributed by atoms with Crippen molar-refractivity contribution in [1.82, 2.24) is 14.7 Å². The highest BCUT2D eigenvalue weighted by Gasteiger charge is 2.10. The fraction of sp³-hybridized carbons (Fsp3) is 0.476. The first-order valence-electron chi connectivity index (χ1n) is 9.73. The highest BCUT2D eigenvalue weighted by Crippen LogP contribution is 2.19. The summed E-state index contributed by atoms with van der Waals surface area (Å²) in [5.41, 5.74) is 2.10. The van der Waals surface area contributed by atoms with Gasteiger partial charge in [-0.25, -0.2) is 9.13 Å². The van der Waals surface area contributed by atoms with Gasteiger partial charge in [-0.15, -0.1) is 0 Å². The van der Waals surface area contributed by atoms with Crippen molar-refractivity contribution in [3.63, 3.8) is 0 Å². The van der Waals surface area contributed by atoms with Gasteiger partial charge in [0.05, 0.1) is 7.05 Å². The van der Waals surface area contributed by atoms with Crippen molar-refractivity contribution in [2.45, 2.75) is 58.3 Å². The van der Waals surface area contributed by atoms with E-state index in [9.17, 15) is 0 Å². The molecule has 138 valence electrons. The maximum Gasteiger partial charge on any atom is 0.248 e. The predicted octanol–water partition coefficient (Wildman–Crippen LogP) is 4.64. The first-order valence-corrected chi connectivity index (χ1v) is 9.73. The number of benzene rings is 1. The van der Waals surface area contributed by atoms with E-state index in [4.69, 9.17) is 4.52 Å². The van der Waals surface area contributed by atoms with Crippen molar-refractivity contribution in [3.05, 3.63) is 48.9 Å². The van der Waals surface area contributed by atoms with Gasteiger partial charge in [0, 0.05) is 12.0 Å². The number of unbranched alkanes of at least 4 members (excludes halogenated alkanes) is 6. The van der Waals surface area contributed by atoms with Crippen molar-refractivity contribution >= 4 is 0 Å². The molecule has 0 bridgehead atoms. The van der Waals surface area contributed by atoms with E-state index in [1.54, 1.807) is 0 Å². The lowest BCUT2D eigenvalue weighted by molar-refractivity contribution is -0.670. The summed E-state index contributed by atoms with van der Waals surface area (Å²) in [5, 5.41) is 4.14. The van der Waals surface area contributed by atoms with Crippen LogP contribution in [0.4, 0.5) is 0 Å². The predicted molar refractivity (Wildman–Crippen MR) is 102 cm³/mol. The molecular weight excluding hydrogens is 324 g/mol. The molecule has 5 heteroatoms. The molecule has 3 aromatic rings. The zero-order valence-corrected chi connectivity index (χ0v) is 15.9. The zero-order valence-electron chi connectivity index (χ0n) is 15.9. The zero-order chi connectivity index (χ0) is 18.2. The number of hydrogen-bond donors (Lipinski definition) is 0. The minimum absolute atomic E-state index is 0.674. The normalized spacial score (nSPS) is 11.2. The SMILES string of the molecule is CCCCCCCCCc1nc(-c2ccc(-n3cc[n+](C)c3)cc2)no1. The lowest BCUT2D eigenvalue weighted by atomic mass is 10.1. The molecule has 0 unspecified atom stereocenters. The second-order valence-electron chi connectivity index (χ2n) is 6.92. The molecular formula is C21H29N4O+. The quantitative estimate of drug-likeness (QED) is 0.394. The molecule has 0 spiro atoms. The lowest BCUT2D eigenvalue weighted by Crippen LogP contribution is -2.23. The summed E-state index contributed by atoms with van der Waals surface area (Å²) in [7, 11) is 2.01. The minimum Gasteiger partial charge on any atom is -0.339 e. The van der Waals surface area contributed by atoms with Crippen molar-refractivity contribution in [1.29, 1.82) is 0 Å². The topological polar surface area (TPSA) is 47.7 Å². The summed E-state index contributed by atoms with van der Waals surface area (Å²) in [5.74, 6) is 1.42. The molecule has 26 heavy (non-hydrogen) atoms. The molecule has 2 aromatic heterocycles. The molecule has 0 amide bonds. The maximum absolute atomic E-state index is 5.41. The third-order valence-electron chi connectivity index (χ3n) is 4.65. The largest absolute Gasteiger partial charge is 0.339 e. The van der Waals surface area contributed by atoms with Gasteiger partial charge >= 0.3 is 0 Å². The second kappa shape index (κ2) is 9.32. The van der Waals surface area contributed by atoms with Crippen molar-refractivity contribution in [2.75, 3.05) is 0 Å². The average Bonchev–Trinajstić information content (AvgIpc) is 3.30. The molecule has 5 nitrogen and oxygen atoms in total. The highest BCUT2D eigenvalue weighted by molar-refractivity contribution is 5.56. The van der Waals surface area contributed by atoms with Crippen LogP contribution in [0.3, 0.4) is 0 Å². The molecule has 3 rings (SSSR count). The van der Waals surface area contributed by atoms with E-state index in [0.29, 0.717) is 5.82 Å². The Labute approximate surface area is 155 Å². The molecule has 2 heterocycles. The third kappa shape index (κ3) is 5.04. The second-order valence-corrected chi connectivity index (χ2v) is 6.92. The van der Waals surface area contributed by atoms with Gasteiger partial charge in [-0.3, -0.25) is 0 Å². The van der Waals surface area contributed by atoms with Gasteiger partial charge in [-0.05, 0) is 30.7 Å². The number of hydrogen-bond acceptors (Lipinski definition) is 3. The van der Waals surface area contributed by atoms with Crippen LogP contribution in [0.15, 0.2) is 47.5 Å². The van der Waals surface area contributed by atoms with E-state index in [0.717, 1.165) is 30.0 Å². The van der Waals surface area contributed by atoms with Gasteiger partial charge in [-0.2, -0.15) is 4.98 Å². The van der Waals surface area contributed by atoms with E-state index in [1.165, 1.54) is 38.5 Å². The highest BCUT2D eigenvalue weighted by atomic mass is 16.5. The Balaban J connectivity index is 1.49. The Morgan fingerprint density at radius 1 is 1.00 bits per heavy atom. The van der Waals surface area contributed by atoms with Crippen LogP contribution in [-0.2, 0) is 13.5 Å². The lowest BCUT2D eigenvalue weighted by Gasteiger charge is -1.99. The Morgan fingerprint density at radius 2 is 1.73 bits per heavy atom. The molecule has 0 radical (unpaired) electrons. The average molecular weight is 353 g/mol. The number of rotatable bonds is 10. The van der Waals surface area contributed by atoms with Crippen molar-refractivity contribution in [2.24, 2.45) is 7.05 Å². The van der Waals surface area contributed by atoms with E-state index in [-0.39, 0.29) is 0 Å². The van der Waals surface area contributed by atoms with Gasteiger partial charge in [-0.1, -0.05) is 50.6 Å². The van der Waals surface area contributed by atoms with Crippen LogP contribution in [0.2, 0.25) is 0 Å². The Bertz CT molecular complexity index is 788. The summed E-state index contributed by atoms with van der Waals surface area (Å²) < 4.78 is 9.51. The van der Waals surface area contributed by atoms with Crippen LogP contribution in [-0.4, -0.2) is 14.7 Å². The van der Waals surface area contributed by atoms with Crippen LogP contribution in [0, 0.1) is 0 Å². The Morgan fingerprint density at radius 3 is 2.42 bits per heavy atom. The van der Waals surface area contributed by atoms with Crippen LogP contribution < -0.4 is 4.57 Å². The van der Waals surface area contributed by atoms with Gasteiger partial charge in [0.25, 0.3) is 0 Å². The van der Waals surface area contributed by atoms with E-state index in [2.05, 4.69) is 33.8 Å². The van der Waals surface area contributed by atoms with Gasteiger partial charge in [0.15, 0.2) is 0 Å². The summed E-state index contributed by atoms with van der Waals surface area (Å²) in [6.45, 7) is 2.25. The van der Waals surface area contributed by atoms with Crippen molar-refractivity contribution in [3.8, 4) is 17.1 Å². The molecule has 0 atom stereocenters. The van der Waals surface area contributed by atoms with Crippen LogP contribution >= 0.6 is 0 Å². The molecule has 0 aliphatic heterocycles. The first kappa shape index (κ1) is 18.4. The van der Waals surface area contributed by atoms with Gasteiger partial charge in [0.1, 0.15) is 18.1 Å². The van der Waals surface area contributed by atoms with Crippen LogP contribution in [0.25, 0.3) is 17.1 Å². The number of nitrogens with zero attached hydrogens (tertiary/aromatic N) is 4. The molecule has 0 saturated heterocycles. The maximum atomic E-state index is 5.41. The third-order valence-corrected chi connectivity index (χ3v) is 4.65. The first-order chi connectivity index (χ1) is 12.8. The standard InChI is InChI=1S/C21H29N4O/c1-3-4-5-6-7-8-9-10-20-22-21(23-26-20)18-11-13-19(14-12-18)25-16-15-24(2)17-25/h11-17H,3-10H2,1-2H3/q+1. The van der Waals surface area contributed by atoms with Gasteiger partial charge < -0.3 is 4.52 Å². The van der Waals surface area contributed by atoms with Crippen LogP contribution in [0.5, 0.6) is 0 Å². The van der Waals surface area contributed by atoms with E-state index in [1.807, 2.05) is 42.5 Å². The summed E-state index contributed by atoms with van der Waals surface area (Å²) in [6, 6.07) is 8.22. The van der Waals surface area contributed by atoms with Crippen molar-refractivity contribution < 1.29 is 9.09 Å². The molecule has 0 fully saturated rings. The fourth-order valence-corrected chi connectivity index (χ4v) is 3.09. The molecule has 0 saturated carbocycles. The van der Waals surface area contributed by atoms with E-state index < -0.39 is 0 Å². The molecule has 0 aliphatic rings. The number of aromatic nitrogens is 4. The van der Waals surface area contributed by atoms with E-state index >= 15 is 0 Å². The van der Waals surface area contributed by atoms with Gasteiger partial charge in [0.2, 0.25) is 18.0 Å². The monoisotopic (exact) mass is 353 g/mol. The number of aryl methyl sites for hydroxylation is 2. The molecule has 0 N–H and O–H groups in total. The molecule has 0 aliphatic carbocycles. The minimum atomic E-state index is 0.674. The Hall–Kier alpha value is -2.43. The number of imidazole rings is 1. The fourth-order valence-electron chi connectivity index (χ4n) is 3.09. The summed E-state index contributed by atoms with van der Waals surface area (Å²) >= 11 is 0. The smallest absolute Gasteiger partial charge is 0.248 e. The summed E-state index contributed by atoms with van der Waals surface area (Å²) in [4.78, 5) is 4.55. The van der Waals surface area contributed by atoms with Crippen LogP contribution in [0.1, 0.15) is 57.8 Å². The summed E-state index contributed by atoms with van der Waals surface area (Å²) in [6.07, 6.45) is 16.0. The Kier molecular flexibility index (Phi) is 6.58.